The van der Waals surface area contributed by atoms with Crippen LogP contribution in [0.5, 0.6) is 0 Å². The van der Waals surface area contributed by atoms with E-state index in [-0.39, 0.29) is 5.91 Å². The van der Waals surface area contributed by atoms with Crippen molar-refractivity contribution in [1.29, 1.82) is 0 Å². The first kappa shape index (κ1) is 14.3. The number of amides is 1. The van der Waals surface area contributed by atoms with Gasteiger partial charge >= 0.3 is 0 Å². The van der Waals surface area contributed by atoms with Gasteiger partial charge in [-0.2, -0.15) is 0 Å². The lowest BCUT2D eigenvalue weighted by Crippen LogP contribution is -2.46. The third kappa shape index (κ3) is 3.18. The van der Waals surface area contributed by atoms with Gasteiger partial charge in [0.25, 0.3) is 5.91 Å². The summed E-state index contributed by atoms with van der Waals surface area (Å²) in [5.74, 6) is -0.0659. The zero-order chi connectivity index (χ0) is 14.7. The lowest BCUT2D eigenvalue weighted by atomic mass is 10.2. The molecule has 5 nitrogen and oxygen atoms in total. The van der Waals surface area contributed by atoms with Crippen molar-refractivity contribution in [3.8, 4) is 0 Å². The van der Waals surface area contributed by atoms with Gasteiger partial charge in [-0.1, -0.05) is 18.2 Å². The van der Waals surface area contributed by atoms with E-state index in [1.54, 1.807) is 0 Å². The van der Waals surface area contributed by atoms with Crippen LogP contribution in [0.1, 0.15) is 9.67 Å². The highest BCUT2D eigenvalue weighted by Gasteiger charge is 2.16. The third-order valence-electron chi connectivity index (χ3n) is 3.76. The van der Waals surface area contributed by atoms with E-state index in [1.807, 2.05) is 24.3 Å². The van der Waals surface area contributed by atoms with Gasteiger partial charge < -0.3 is 16.4 Å². The molecule has 0 unspecified atom stereocenters. The van der Waals surface area contributed by atoms with Crippen LogP contribution in [0.2, 0.25) is 0 Å². The first-order chi connectivity index (χ1) is 10.3. The van der Waals surface area contributed by atoms with Gasteiger partial charge in [-0.05, 0) is 6.07 Å². The highest BCUT2D eigenvalue weighted by molar-refractivity contribution is 7.21. The molecule has 2 aromatic rings. The van der Waals surface area contributed by atoms with E-state index in [0.717, 1.165) is 42.8 Å². The molecule has 1 aromatic carbocycles. The van der Waals surface area contributed by atoms with Crippen molar-refractivity contribution < 1.29 is 4.79 Å². The molecule has 2 heterocycles. The summed E-state index contributed by atoms with van der Waals surface area (Å²) >= 11 is 1.46. The van der Waals surface area contributed by atoms with E-state index < -0.39 is 0 Å². The Morgan fingerprint density at radius 2 is 2.10 bits per heavy atom. The van der Waals surface area contributed by atoms with Crippen LogP contribution in [-0.4, -0.2) is 50.1 Å². The quantitative estimate of drug-likeness (QED) is 0.791. The summed E-state index contributed by atoms with van der Waals surface area (Å²) < 4.78 is 1.06. The van der Waals surface area contributed by atoms with Crippen LogP contribution in [0.4, 0.5) is 5.69 Å². The largest absolute Gasteiger partial charge is 0.397 e. The van der Waals surface area contributed by atoms with Crippen molar-refractivity contribution in [2.45, 2.75) is 0 Å². The Morgan fingerprint density at radius 1 is 1.33 bits per heavy atom. The van der Waals surface area contributed by atoms with Gasteiger partial charge in [0, 0.05) is 49.4 Å². The molecule has 1 aromatic heterocycles. The average Bonchev–Trinajstić information content (AvgIpc) is 2.86. The second kappa shape index (κ2) is 6.43. The predicted octanol–water partition coefficient (Wildman–Crippen LogP) is 1.12. The SMILES string of the molecule is Nc1c(C(=O)NCCN2CCNCC2)sc2ccccc12. The number of nitrogens with one attached hydrogen (secondary N) is 2. The van der Waals surface area contributed by atoms with Crippen molar-refractivity contribution in [2.75, 3.05) is 45.0 Å². The molecular formula is C15H20N4OS. The van der Waals surface area contributed by atoms with Crippen LogP contribution in [-0.2, 0) is 0 Å². The fraction of sp³-hybridized carbons (Fsp3) is 0.400. The highest BCUT2D eigenvalue weighted by atomic mass is 32.1. The van der Waals surface area contributed by atoms with E-state index in [9.17, 15) is 4.79 Å². The molecule has 1 amide bonds. The number of benzene rings is 1. The molecule has 0 saturated carbocycles. The van der Waals surface area contributed by atoms with Crippen LogP contribution in [0.25, 0.3) is 10.1 Å². The topological polar surface area (TPSA) is 70.4 Å². The molecule has 0 bridgehead atoms. The fourth-order valence-electron chi connectivity index (χ4n) is 2.58. The summed E-state index contributed by atoms with van der Waals surface area (Å²) in [6.07, 6.45) is 0. The molecule has 6 heteroatoms. The number of hydrogen-bond acceptors (Lipinski definition) is 5. The van der Waals surface area contributed by atoms with E-state index in [2.05, 4.69) is 15.5 Å². The Hall–Kier alpha value is -1.63. The minimum atomic E-state index is -0.0659. The number of nitrogens with two attached hydrogens (primary N) is 1. The summed E-state index contributed by atoms with van der Waals surface area (Å²) in [6, 6.07) is 7.86. The summed E-state index contributed by atoms with van der Waals surface area (Å²) in [7, 11) is 0. The highest BCUT2D eigenvalue weighted by Crippen LogP contribution is 2.33. The number of fused-ring (bicyclic) bond motifs is 1. The molecule has 0 spiro atoms. The van der Waals surface area contributed by atoms with Crippen LogP contribution in [0.3, 0.4) is 0 Å². The number of thiophene rings is 1. The van der Waals surface area contributed by atoms with Crippen molar-refractivity contribution in [2.24, 2.45) is 0 Å². The summed E-state index contributed by atoms with van der Waals surface area (Å²) in [4.78, 5) is 15.2. The molecule has 1 saturated heterocycles. The summed E-state index contributed by atoms with van der Waals surface area (Å²) in [6.45, 7) is 5.68. The van der Waals surface area contributed by atoms with E-state index in [0.29, 0.717) is 17.1 Å². The first-order valence-corrected chi connectivity index (χ1v) is 8.05. The average molecular weight is 304 g/mol. The molecule has 21 heavy (non-hydrogen) atoms. The number of carbonyl (C=O) groups excluding carboxylic acids is 1. The fourth-order valence-corrected chi connectivity index (χ4v) is 3.62. The maximum absolute atomic E-state index is 12.3. The van der Waals surface area contributed by atoms with Gasteiger partial charge in [-0.3, -0.25) is 9.69 Å². The minimum absolute atomic E-state index is 0.0659. The zero-order valence-corrected chi connectivity index (χ0v) is 12.7. The minimum Gasteiger partial charge on any atom is -0.397 e. The Kier molecular flexibility index (Phi) is 4.38. The molecular weight excluding hydrogens is 284 g/mol. The lowest BCUT2D eigenvalue weighted by Gasteiger charge is -2.27. The smallest absolute Gasteiger partial charge is 0.263 e. The number of carbonyl (C=O) groups is 1. The van der Waals surface area contributed by atoms with Crippen LogP contribution >= 0.6 is 11.3 Å². The molecule has 1 fully saturated rings. The van der Waals surface area contributed by atoms with E-state index in [4.69, 9.17) is 5.73 Å². The van der Waals surface area contributed by atoms with E-state index in [1.165, 1.54) is 11.3 Å². The third-order valence-corrected chi connectivity index (χ3v) is 4.95. The number of piperazine rings is 1. The van der Waals surface area contributed by atoms with E-state index >= 15 is 0 Å². The maximum atomic E-state index is 12.3. The molecule has 0 atom stereocenters. The number of hydrogen-bond donors (Lipinski definition) is 3. The van der Waals surface area contributed by atoms with Gasteiger partial charge in [0.2, 0.25) is 0 Å². The van der Waals surface area contributed by atoms with Crippen LogP contribution < -0.4 is 16.4 Å². The molecule has 4 N–H and O–H groups in total. The van der Waals surface area contributed by atoms with Gasteiger partial charge in [0.05, 0.1) is 5.69 Å². The Bertz CT molecular complexity index is 634. The molecule has 0 radical (unpaired) electrons. The molecule has 1 aliphatic heterocycles. The Labute approximate surface area is 128 Å². The Balaban J connectivity index is 1.60. The number of rotatable bonds is 4. The second-order valence-corrected chi connectivity index (χ2v) is 6.24. The summed E-state index contributed by atoms with van der Waals surface area (Å²) in [5, 5.41) is 7.26. The zero-order valence-electron chi connectivity index (χ0n) is 11.9. The number of nitrogen functional groups attached to an aromatic ring is 1. The number of nitrogens with zero attached hydrogens (tertiary/aromatic N) is 1. The molecule has 0 aliphatic carbocycles. The molecule has 1 aliphatic rings. The van der Waals surface area contributed by atoms with Gasteiger partial charge in [0.1, 0.15) is 4.88 Å². The monoisotopic (exact) mass is 304 g/mol. The van der Waals surface area contributed by atoms with Crippen molar-refractivity contribution in [3.63, 3.8) is 0 Å². The van der Waals surface area contributed by atoms with Gasteiger partial charge in [0.15, 0.2) is 0 Å². The summed E-state index contributed by atoms with van der Waals surface area (Å²) in [5.41, 5.74) is 6.68. The van der Waals surface area contributed by atoms with Crippen molar-refractivity contribution in [3.05, 3.63) is 29.1 Å². The van der Waals surface area contributed by atoms with Gasteiger partial charge in [-0.15, -0.1) is 11.3 Å². The molecule has 3 rings (SSSR count). The Morgan fingerprint density at radius 3 is 2.86 bits per heavy atom. The molecule has 112 valence electrons. The second-order valence-electron chi connectivity index (χ2n) is 5.19. The standard InChI is InChI=1S/C15H20N4OS/c16-13-11-3-1-2-4-12(11)21-14(13)15(20)18-7-10-19-8-5-17-6-9-19/h1-4,17H,5-10,16H2,(H,18,20). The van der Waals surface area contributed by atoms with Gasteiger partial charge in [-0.25, -0.2) is 0 Å². The van der Waals surface area contributed by atoms with Crippen LogP contribution in [0, 0.1) is 0 Å². The normalized spacial score (nSPS) is 16.2. The van der Waals surface area contributed by atoms with Crippen LogP contribution in [0.15, 0.2) is 24.3 Å². The van der Waals surface area contributed by atoms with Crippen molar-refractivity contribution >= 4 is 33.0 Å². The van der Waals surface area contributed by atoms with Crippen molar-refractivity contribution in [1.82, 2.24) is 15.5 Å². The maximum Gasteiger partial charge on any atom is 0.263 e. The number of anilines is 1. The predicted molar refractivity (Wildman–Crippen MR) is 87.9 cm³/mol. The first-order valence-electron chi connectivity index (χ1n) is 7.24. The lowest BCUT2D eigenvalue weighted by molar-refractivity contribution is 0.0952.